The van der Waals surface area contributed by atoms with Crippen molar-refractivity contribution < 1.29 is 4.79 Å². The Morgan fingerprint density at radius 1 is 1.46 bits per heavy atom. The number of hydrogen-bond donors (Lipinski definition) is 1. The van der Waals surface area contributed by atoms with Crippen LogP contribution in [0.25, 0.3) is 0 Å². The SMILES string of the molecule is Cn1ccnc1C1CNCCN1C(=O)CSc1cc(Cl)ccc1Cl. The number of hydrogen-bond acceptors (Lipinski definition) is 4. The maximum Gasteiger partial charge on any atom is 0.233 e. The first-order valence-electron chi connectivity index (χ1n) is 7.61. The normalized spacial score (nSPS) is 18.0. The molecule has 0 spiro atoms. The van der Waals surface area contributed by atoms with Crippen molar-refractivity contribution in [2.45, 2.75) is 10.9 Å². The van der Waals surface area contributed by atoms with Crippen LogP contribution in [0.1, 0.15) is 11.9 Å². The molecule has 128 valence electrons. The number of piperazine rings is 1. The van der Waals surface area contributed by atoms with Crippen LogP contribution >= 0.6 is 35.0 Å². The number of rotatable bonds is 4. The Balaban J connectivity index is 1.70. The monoisotopic (exact) mass is 384 g/mol. The Morgan fingerprint density at radius 2 is 2.29 bits per heavy atom. The van der Waals surface area contributed by atoms with Crippen molar-refractivity contribution in [3.05, 3.63) is 46.5 Å². The predicted octanol–water partition coefficient (Wildman–Crippen LogP) is 2.99. The third-order valence-corrected chi connectivity index (χ3v) is 5.68. The number of amides is 1. The minimum Gasteiger partial charge on any atom is -0.336 e. The zero-order chi connectivity index (χ0) is 17.1. The van der Waals surface area contributed by atoms with Crippen LogP contribution < -0.4 is 5.32 Å². The average Bonchev–Trinajstić information content (AvgIpc) is 3.01. The summed E-state index contributed by atoms with van der Waals surface area (Å²) in [5.41, 5.74) is 0. The lowest BCUT2D eigenvalue weighted by atomic mass is 10.1. The first-order chi connectivity index (χ1) is 11.6. The van der Waals surface area contributed by atoms with Gasteiger partial charge < -0.3 is 14.8 Å². The van der Waals surface area contributed by atoms with E-state index in [0.717, 1.165) is 17.3 Å². The predicted molar refractivity (Wildman–Crippen MR) is 97.7 cm³/mol. The molecular formula is C16H18Cl2N4OS. The number of thioether (sulfide) groups is 1. The van der Waals surface area contributed by atoms with E-state index >= 15 is 0 Å². The van der Waals surface area contributed by atoms with E-state index in [4.69, 9.17) is 23.2 Å². The smallest absolute Gasteiger partial charge is 0.233 e. The average molecular weight is 385 g/mol. The van der Waals surface area contributed by atoms with Gasteiger partial charge in [0.1, 0.15) is 11.9 Å². The van der Waals surface area contributed by atoms with Gasteiger partial charge in [-0.3, -0.25) is 4.79 Å². The molecule has 1 unspecified atom stereocenters. The van der Waals surface area contributed by atoms with Crippen molar-refractivity contribution in [2.75, 3.05) is 25.4 Å². The fourth-order valence-corrected chi connectivity index (χ4v) is 4.12. The summed E-state index contributed by atoms with van der Waals surface area (Å²) in [7, 11) is 1.94. The van der Waals surface area contributed by atoms with E-state index in [-0.39, 0.29) is 11.9 Å². The highest BCUT2D eigenvalue weighted by molar-refractivity contribution is 8.00. The van der Waals surface area contributed by atoms with Gasteiger partial charge in [-0.2, -0.15) is 0 Å². The summed E-state index contributed by atoms with van der Waals surface area (Å²) in [5, 5.41) is 4.56. The third-order valence-electron chi connectivity index (χ3n) is 3.96. The van der Waals surface area contributed by atoms with E-state index in [1.54, 1.807) is 24.4 Å². The van der Waals surface area contributed by atoms with E-state index in [0.29, 0.717) is 28.9 Å². The number of aryl methyl sites for hydroxylation is 1. The van der Waals surface area contributed by atoms with Crippen molar-refractivity contribution in [1.82, 2.24) is 19.8 Å². The van der Waals surface area contributed by atoms with Crippen LogP contribution in [0.2, 0.25) is 10.0 Å². The standard InChI is InChI=1S/C16H18Cl2N4OS/c1-21-6-5-20-16(21)13-9-19-4-7-22(13)15(23)10-24-14-8-11(17)2-3-12(14)18/h2-3,5-6,8,13,19H,4,7,9-10H2,1H3. The number of nitrogens with zero attached hydrogens (tertiary/aromatic N) is 3. The second kappa shape index (κ2) is 7.78. The molecule has 3 rings (SSSR count). The molecule has 0 radical (unpaired) electrons. The van der Waals surface area contributed by atoms with Crippen molar-refractivity contribution in [2.24, 2.45) is 7.05 Å². The molecule has 1 aliphatic heterocycles. The molecule has 1 aromatic carbocycles. The van der Waals surface area contributed by atoms with Crippen LogP contribution in [-0.2, 0) is 11.8 Å². The van der Waals surface area contributed by atoms with E-state index in [9.17, 15) is 4.79 Å². The highest BCUT2D eigenvalue weighted by atomic mass is 35.5. The Morgan fingerprint density at radius 3 is 3.04 bits per heavy atom. The molecule has 5 nitrogen and oxygen atoms in total. The molecular weight excluding hydrogens is 367 g/mol. The van der Waals surface area contributed by atoms with Crippen LogP contribution in [0.15, 0.2) is 35.5 Å². The van der Waals surface area contributed by atoms with E-state index < -0.39 is 0 Å². The molecule has 2 heterocycles. The van der Waals surface area contributed by atoms with Gasteiger partial charge in [0.05, 0.1) is 10.8 Å². The first kappa shape index (κ1) is 17.6. The second-order valence-corrected chi connectivity index (χ2v) is 7.43. The highest BCUT2D eigenvalue weighted by Gasteiger charge is 2.30. The minimum atomic E-state index is -0.0540. The topological polar surface area (TPSA) is 50.2 Å². The van der Waals surface area contributed by atoms with Crippen LogP contribution in [0.4, 0.5) is 0 Å². The largest absolute Gasteiger partial charge is 0.336 e. The Bertz CT molecular complexity index is 737. The van der Waals surface area contributed by atoms with Gasteiger partial charge in [0.15, 0.2) is 0 Å². The first-order valence-corrected chi connectivity index (χ1v) is 9.35. The molecule has 8 heteroatoms. The Kier molecular flexibility index (Phi) is 5.71. The van der Waals surface area contributed by atoms with Crippen LogP contribution in [-0.4, -0.2) is 45.7 Å². The highest BCUT2D eigenvalue weighted by Crippen LogP contribution is 2.31. The Labute approximate surface area is 155 Å². The molecule has 1 aromatic heterocycles. The summed E-state index contributed by atoms with van der Waals surface area (Å²) in [6, 6.07) is 5.22. The number of aromatic nitrogens is 2. The number of carbonyl (C=O) groups is 1. The summed E-state index contributed by atoms with van der Waals surface area (Å²) in [4.78, 5) is 19.9. The molecule has 1 N–H and O–H groups in total. The fourth-order valence-electron chi connectivity index (χ4n) is 2.74. The molecule has 24 heavy (non-hydrogen) atoms. The van der Waals surface area contributed by atoms with Gasteiger partial charge in [0, 0.05) is 49.0 Å². The van der Waals surface area contributed by atoms with Gasteiger partial charge in [0.2, 0.25) is 5.91 Å². The van der Waals surface area contributed by atoms with Gasteiger partial charge >= 0.3 is 0 Å². The van der Waals surface area contributed by atoms with E-state index in [2.05, 4.69) is 10.3 Å². The van der Waals surface area contributed by atoms with Gasteiger partial charge in [-0.05, 0) is 18.2 Å². The summed E-state index contributed by atoms with van der Waals surface area (Å²) in [5.74, 6) is 1.29. The third kappa shape index (κ3) is 3.88. The van der Waals surface area contributed by atoms with Crippen LogP contribution in [0.3, 0.4) is 0 Å². The van der Waals surface area contributed by atoms with Gasteiger partial charge in [0.25, 0.3) is 0 Å². The van der Waals surface area contributed by atoms with E-state index in [1.807, 2.05) is 22.7 Å². The zero-order valence-electron chi connectivity index (χ0n) is 13.2. The number of nitrogens with one attached hydrogen (secondary N) is 1. The second-order valence-electron chi connectivity index (χ2n) is 5.57. The molecule has 0 saturated carbocycles. The summed E-state index contributed by atoms with van der Waals surface area (Å²) < 4.78 is 1.96. The molecule has 1 saturated heterocycles. The van der Waals surface area contributed by atoms with Crippen molar-refractivity contribution in [3.8, 4) is 0 Å². The maximum atomic E-state index is 12.7. The molecule has 1 amide bonds. The minimum absolute atomic E-state index is 0.0540. The van der Waals surface area contributed by atoms with Gasteiger partial charge in [-0.15, -0.1) is 11.8 Å². The fraction of sp³-hybridized carbons (Fsp3) is 0.375. The summed E-state index contributed by atoms with van der Waals surface area (Å²) in [6.45, 7) is 2.16. The van der Waals surface area contributed by atoms with E-state index in [1.165, 1.54) is 11.8 Å². The van der Waals surface area contributed by atoms with Crippen LogP contribution in [0, 0.1) is 0 Å². The summed E-state index contributed by atoms with van der Waals surface area (Å²) >= 11 is 13.6. The van der Waals surface area contributed by atoms with Crippen molar-refractivity contribution in [3.63, 3.8) is 0 Å². The van der Waals surface area contributed by atoms with Crippen LogP contribution in [0.5, 0.6) is 0 Å². The number of carbonyl (C=O) groups excluding carboxylic acids is 1. The van der Waals surface area contributed by atoms with Crippen molar-refractivity contribution in [1.29, 1.82) is 0 Å². The van der Waals surface area contributed by atoms with Gasteiger partial charge in [-0.1, -0.05) is 23.2 Å². The summed E-state index contributed by atoms with van der Waals surface area (Å²) in [6.07, 6.45) is 3.65. The molecule has 1 aliphatic rings. The maximum absolute atomic E-state index is 12.7. The lowest BCUT2D eigenvalue weighted by molar-refractivity contribution is -0.131. The lowest BCUT2D eigenvalue weighted by Crippen LogP contribution is -2.50. The molecule has 0 aliphatic carbocycles. The Hall–Kier alpha value is -1.21. The molecule has 1 fully saturated rings. The molecule has 2 aromatic rings. The van der Waals surface area contributed by atoms with Crippen molar-refractivity contribution >= 4 is 40.9 Å². The molecule has 0 bridgehead atoms. The number of benzene rings is 1. The molecule has 1 atom stereocenters. The quantitative estimate of drug-likeness (QED) is 0.823. The number of imidazole rings is 1. The number of halogens is 2. The van der Waals surface area contributed by atoms with Gasteiger partial charge in [-0.25, -0.2) is 4.98 Å². The lowest BCUT2D eigenvalue weighted by Gasteiger charge is -2.35. The zero-order valence-corrected chi connectivity index (χ0v) is 15.5.